The first-order valence-electron chi connectivity index (χ1n) is 11.1. The fraction of sp³-hybridized carbons (Fsp3) is 0.304. The van der Waals surface area contributed by atoms with E-state index in [1.807, 2.05) is 0 Å². The molecular weight excluding hydrogens is 515 g/mol. The van der Waals surface area contributed by atoms with Crippen molar-refractivity contribution in [2.24, 2.45) is 16.1 Å². The summed E-state index contributed by atoms with van der Waals surface area (Å²) in [6, 6.07) is 10.9. The number of sulfonamides is 1. The number of phenolic OH excluding ortho intramolecular Hbond substituents is 1. The standard InChI is InChI=1S/C23H26N4O6S2.Na/c24-18-11-10-16-12-17(35(31,32)33)13-20(28)22(16)23(18)27-26-19-8-4-5-9-21(19)34(29,30)25-14-15-6-2-1-3-7-15;/h4-5,8-13,15,25,28H,1-3,6-7,14,24H2,(H,31,32,33);/q;+1/p-1. The van der Waals surface area contributed by atoms with E-state index in [1.54, 1.807) is 12.1 Å². The second-order valence-corrected chi connectivity index (χ2v) is 11.6. The third kappa shape index (κ3) is 6.43. The third-order valence-corrected chi connectivity index (χ3v) is 8.35. The molecule has 10 nitrogen and oxygen atoms in total. The van der Waals surface area contributed by atoms with E-state index in [0.717, 1.165) is 37.8 Å². The number of anilines is 1. The van der Waals surface area contributed by atoms with Crippen molar-refractivity contribution in [1.82, 2.24) is 4.72 Å². The van der Waals surface area contributed by atoms with Gasteiger partial charge in [-0.2, -0.15) is 0 Å². The first-order valence-corrected chi connectivity index (χ1v) is 14.0. The van der Waals surface area contributed by atoms with Gasteiger partial charge in [-0.15, -0.1) is 10.2 Å². The monoisotopic (exact) mass is 540 g/mol. The topological polar surface area (TPSA) is 174 Å². The van der Waals surface area contributed by atoms with Gasteiger partial charge < -0.3 is 15.4 Å². The number of hydrogen-bond donors (Lipinski definition) is 3. The summed E-state index contributed by atoms with van der Waals surface area (Å²) in [5.41, 5.74) is 6.22. The Balaban J connectivity index is 0.00000361. The molecule has 0 radical (unpaired) electrons. The second-order valence-electron chi connectivity index (χ2n) is 8.52. The number of azo groups is 1. The largest absolute Gasteiger partial charge is 1.00 e. The molecule has 0 saturated heterocycles. The van der Waals surface area contributed by atoms with Crippen LogP contribution in [0.25, 0.3) is 10.8 Å². The second kappa shape index (κ2) is 11.5. The van der Waals surface area contributed by atoms with Crippen LogP contribution < -0.4 is 40.0 Å². The zero-order valence-corrected chi connectivity index (χ0v) is 23.3. The van der Waals surface area contributed by atoms with Gasteiger partial charge in [0, 0.05) is 6.54 Å². The minimum atomic E-state index is -4.80. The first kappa shape index (κ1) is 28.5. The summed E-state index contributed by atoms with van der Waals surface area (Å²) in [6.07, 6.45) is 5.34. The summed E-state index contributed by atoms with van der Waals surface area (Å²) in [4.78, 5) is -0.655. The van der Waals surface area contributed by atoms with Crippen LogP contribution in [0.2, 0.25) is 0 Å². The summed E-state index contributed by atoms with van der Waals surface area (Å²) in [7, 11) is -8.66. The van der Waals surface area contributed by atoms with Crippen LogP contribution in [0.5, 0.6) is 5.75 Å². The first-order chi connectivity index (χ1) is 16.6. The smallest absolute Gasteiger partial charge is 0.744 e. The molecular formula is C23H25N4NaO6S2. The number of aromatic hydroxyl groups is 1. The molecule has 1 saturated carbocycles. The number of benzene rings is 3. The number of nitrogens with two attached hydrogens (primary N) is 1. The van der Waals surface area contributed by atoms with Crippen molar-refractivity contribution in [3.05, 3.63) is 48.5 Å². The Kier molecular flexibility index (Phi) is 9.15. The molecule has 0 heterocycles. The molecule has 4 rings (SSSR count). The van der Waals surface area contributed by atoms with Crippen LogP contribution in [0.15, 0.2) is 68.6 Å². The van der Waals surface area contributed by atoms with Crippen LogP contribution in [0.4, 0.5) is 17.1 Å². The number of nitrogens with one attached hydrogen (secondary N) is 1. The zero-order valence-electron chi connectivity index (χ0n) is 19.7. The molecule has 0 unspecified atom stereocenters. The van der Waals surface area contributed by atoms with Gasteiger partial charge in [-0.25, -0.2) is 21.6 Å². The Labute approximate surface area is 232 Å². The minimum absolute atomic E-state index is 0. The third-order valence-electron chi connectivity index (χ3n) is 6.06. The SMILES string of the molecule is Nc1ccc2cc(S(=O)(=O)[O-])cc(O)c2c1N=Nc1ccccc1S(=O)(=O)NCC1CCCCC1.[Na+]. The predicted molar refractivity (Wildman–Crippen MR) is 130 cm³/mol. The average molecular weight is 541 g/mol. The van der Waals surface area contributed by atoms with Crippen LogP contribution in [0, 0.1) is 5.92 Å². The molecule has 13 heteroatoms. The maximum absolute atomic E-state index is 13.0. The Bertz CT molecular complexity index is 1500. The summed E-state index contributed by atoms with van der Waals surface area (Å²) >= 11 is 0. The van der Waals surface area contributed by atoms with E-state index < -0.39 is 30.8 Å². The van der Waals surface area contributed by atoms with Crippen molar-refractivity contribution in [3.63, 3.8) is 0 Å². The van der Waals surface area contributed by atoms with E-state index in [1.165, 1.54) is 30.7 Å². The molecule has 3 aromatic carbocycles. The average Bonchev–Trinajstić information content (AvgIpc) is 2.82. The number of fused-ring (bicyclic) bond motifs is 1. The molecule has 4 N–H and O–H groups in total. The quantitative estimate of drug-likeness (QED) is 0.175. The van der Waals surface area contributed by atoms with Crippen molar-refractivity contribution < 1.29 is 56.1 Å². The van der Waals surface area contributed by atoms with Crippen molar-refractivity contribution in [2.45, 2.75) is 41.9 Å². The van der Waals surface area contributed by atoms with Gasteiger partial charge in [0.2, 0.25) is 10.0 Å². The predicted octanol–water partition coefficient (Wildman–Crippen LogP) is 1.31. The normalized spacial score (nSPS) is 15.2. The van der Waals surface area contributed by atoms with Gasteiger partial charge in [-0.3, -0.25) is 0 Å². The number of phenols is 1. The summed E-state index contributed by atoms with van der Waals surface area (Å²) in [5, 5.41) is 18.9. The van der Waals surface area contributed by atoms with Crippen molar-refractivity contribution in [3.8, 4) is 5.75 Å². The molecule has 0 aliphatic heterocycles. The van der Waals surface area contributed by atoms with Gasteiger partial charge in [0.25, 0.3) is 0 Å². The van der Waals surface area contributed by atoms with Crippen molar-refractivity contribution >= 4 is 48.0 Å². The number of hydrogen-bond acceptors (Lipinski definition) is 9. The van der Waals surface area contributed by atoms with Gasteiger partial charge in [0.15, 0.2) is 0 Å². The number of nitrogens with zero attached hydrogens (tertiary/aromatic N) is 2. The van der Waals surface area contributed by atoms with Crippen LogP contribution in [0.1, 0.15) is 32.1 Å². The van der Waals surface area contributed by atoms with Gasteiger partial charge >= 0.3 is 29.6 Å². The van der Waals surface area contributed by atoms with E-state index in [2.05, 4.69) is 15.0 Å². The molecule has 0 atom stereocenters. The van der Waals surface area contributed by atoms with Crippen molar-refractivity contribution in [2.75, 3.05) is 12.3 Å². The molecule has 3 aromatic rings. The Morgan fingerprint density at radius 1 is 1.00 bits per heavy atom. The molecule has 0 bridgehead atoms. The van der Waals surface area contributed by atoms with Crippen LogP contribution in [0.3, 0.4) is 0 Å². The minimum Gasteiger partial charge on any atom is -0.744 e. The fourth-order valence-electron chi connectivity index (χ4n) is 4.23. The van der Waals surface area contributed by atoms with E-state index >= 15 is 0 Å². The summed E-state index contributed by atoms with van der Waals surface area (Å²) in [6.45, 7) is 0.350. The maximum atomic E-state index is 13.0. The number of rotatable bonds is 7. The molecule has 0 aromatic heterocycles. The van der Waals surface area contributed by atoms with Gasteiger partial charge in [0.1, 0.15) is 32.1 Å². The Hall–Kier alpha value is -2.06. The number of nitrogen functional groups attached to an aromatic ring is 1. The van der Waals surface area contributed by atoms with Crippen molar-refractivity contribution in [1.29, 1.82) is 0 Å². The van der Waals surface area contributed by atoms with E-state index in [9.17, 15) is 26.5 Å². The molecule has 1 aliphatic carbocycles. The molecule has 1 aliphatic rings. The van der Waals surface area contributed by atoms with Crippen LogP contribution >= 0.6 is 0 Å². The van der Waals surface area contributed by atoms with Crippen LogP contribution in [-0.4, -0.2) is 33.0 Å². The van der Waals surface area contributed by atoms with E-state index in [0.29, 0.717) is 12.5 Å². The summed E-state index contributed by atoms with van der Waals surface area (Å²) in [5.74, 6) is -0.221. The zero-order chi connectivity index (χ0) is 25.2. The van der Waals surface area contributed by atoms with E-state index in [-0.39, 0.29) is 62.3 Å². The summed E-state index contributed by atoms with van der Waals surface area (Å²) < 4.78 is 62.8. The Morgan fingerprint density at radius 2 is 1.69 bits per heavy atom. The Morgan fingerprint density at radius 3 is 2.39 bits per heavy atom. The van der Waals surface area contributed by atoms with E-state index in [4.69, 9.17) is 5.73 Å². The fourth-order valence-corrected chi connectivity index (χ4v) is 6.01. The molecule has 36 heavy (non-hydrogen) atoms. The van der Waals surface area contributed by atoms with Gasteiger partial charge in [-0.05, 0) is 54.5 Å². The van der Waals surface area contributed by atoms with Gasteiger partial charge in [0.05, 0.1) is 16.0 Å². The van der Waals surface area contributed by atoms with Gasteiger partial charge in [-0.1, -0.05) is 37.5 Å². The van der Waals surface area contributed by atoms with Crippen LogP contribution in [-0.2, 0) is 20.1 Å². The molecule has 186 valence electrons. The maximum Gasteiger partial charge on any atom is 1.00 e. The molecule has 1 fully saturated rings. The molecule has 0 spiro atoms. The molecule has 0 amide bonds.